The molecule has 0 bridgehead atoms. The van der Waals surface area contributed by atoms with Crippen molar-refractivity contribution >= 4 is 17.2 Å². The molecule has 1 aliphatic rings. The maximum atomic E-state index is 12.5. The van der Waals surface area contributed by atoms with Crippen LogP contribution < -0.4 is 0 Å². The first-order valence-electron chi connectivity index (χ1n) is 8.44. The lowest BCUT2D eigenvalue weighted by Gasteiger charge is -2.36. The first kappa shape index (κ1) is 17.1. The minimum absolute atomic E-state index is 0.218. The monoisotopic (exact) mass is 343 g/mol. The maximum absolute atomic E-state index is 12.5. The van der Waals surface area contributed by atoms with Crippen molar-refractivity contribution < 1.29 is 4.79 Å². The molecule has 0 spiro atoms. The first-order valence-corrected chi connectivity index (χ1v) is 9.32. The Balaban J connectivity index is 1.55. The Bertz CT molecular complexity index is 712. The smallest absolute Gasteiger partial charge is 0.222 e. The van der Waals surface area contributed by atoms with Gasteiger partial charge in [0.1, 0.15) is 0 Å². The zero-order valence-corrected chi connectivity index (χ0v) is 15.5. The van der Waals surface area contributed by atoms with Gasteiger partial charge in [0.15, 0.2) is 0 Å². The molecule has 128 valence electrons. The van der Waals surface area contributed by atoms with E-state index in [1.165, 1.54) is 16.0 Å². The minimum Gasteiger partial charge on any atom is -0.344 e. The largest absolute Gasteiger partial charge is 0.344 e. The van der Waals surface area contributed by atoms with Crippen molar-refractivity contribution in [3.63, 3.8) is 0 Å². The molecule has 1 aromatic carbocycles. The van der Waals surface area contributed by atoms with Gasteiger partial charge in [-0.25, -0.2) is 4.98 Å². The van der Waals surface area contributed by atoms with Crippen LogP contribution in [0, 0.1) is 6.92 Å². The van der Waals surface area contributed by atoms with Gasteiger partial charge in [-0.05, 0) is 37.9 Å². The minimum atomic E-state index is 0.218. The van der Waals surface area contributed by atoms with Gasteiger partial charge in [-0.3, -0.25) is 9.69 Å². The second-order valence-electron chi connectivity index (χ2n) is 6.68. The number of carbonyl (C=O) groups is 1. The van der Waals surface area contributed by atoms with Crippen molar-refractivity contribution in [3.05, 3.63) is 51.5 Å². The summed E-state index contributed by atoms with van der Waals surface area (Å²) in [6.07, 6.45) is 2.37. The number of nitrogens with zero attached hydrogens (tertiary/aromatic N) is 3. The molecule has 2 aromatic rings. The van der Waals surface area contributed by atoms with Crippen LogP contribution in [0.5, 0.6) is 0 Å². The molecule has 0 radical (unpaired) electrons. The second-order valence-corrected chi connectivity index (χ2v) is 7.62. The van der Waals surface area contributed by atoms with Crippen molar-refractivity contribution in [1.82, 2.24) is 14.8 Å². The van der Waals surface area contributed by atoms with Crippen molar-refractivity contribution in [2.75, 3.05) is 20.6 Å². The molecule has 1 aromatic heterocycles. The summed E-state index contributed by atoms with van der Waals surface area (Å²) in [5, 5.41) is 0. The van der Waals surface area contributed by atoms with Crippen LogP contribution in [0.1, 0.15) is 28.1 Å². The van der Waals surface area contributed by atoms with Crippen LogP contribution in [0.25, 0.3) is 0 Å². The highest BCUT2D eigenvalue weighted by molar-refractivity contribution is 7.09. The van der Waals surface area contributed by atoms with E-state index in [9.17, 15) is 4.79 Å². The quantitative estimate of drug-likeness (QED) is 0.837. The Morgan fingerprint density at radius 1 is 1.38 bits per heavy atom. The number of hydrogen-bond donors (Lipinski definition) is 0. The number of amides is 1. The van der Waals surface area contributed by atoms with Gasteiger partial charge in [-0.1, -0.05) is 24.3 Å². The summed E-state index contributed by atoms with van der Waals surface area (Å²) in [4.78, 5) is 22.2. The topological polar surface area (TPSA) is 36.4 Å². The average Bonchev–Trinajstić information content (AvgIpc) is 2.98. The Labute approximate surface area is 148 Å². The summed E-state index contributed by atoms with van der Waals surface area (Å²) in [6, 6.07) is 9.01. The fourth-order valence-corrected chi connectivity index (χ4v) is 4.10. The molecule has 1 aliphatic heterocycles. The predicted molar refractivity (Wildman–Crippen MR) is 98.2 cm³/mol. The molecule has 5 heteroatoms. The molecular weight excluding hydrogens is 318 g/mol. The highest BCUT2D eigenvalue weighted by Gasteiger charge is 2.25. The molecule has 2 heterocycles. The summed E-state index contributed by atoms with van der Waals surface area (Å²) in [5.41, 5.74) is 5.74. The lowest BCUT2D eigenvalue weighted by Crippen LogP contribution is -2.46. The van der Waals surface area contributed by atoms with E-state index in [2.05, 4.69) is 41.2 Å². The van der Waals surface area contributed by atoms with Crippen molar-refractivity contribution in [3.8, 4) is 0 Å². The van der Waals surface area contributed by atoms with Crippen molar-refractivity contribution in [1.29, 1.82) is 0 Å². The van der Waals surface area contributed by atoms with Crippen LogP contribution >= 0.6 is 11.3 Å². The summed E-state index contributed by atoms with van der Waals surface area (Å²) in [5.74, 6) is 0.218. The van der Waals surface area contributed by atoms with Gasteiger partial charge in [0.2, 0.25) is 5.91 Å². The fraction of sp³-hybridized carbons (Fsp3) is 0.474. The van der Waals surface area contributed by atoms with E-state index in [0.29, 0.717) is 12.5 Å². The molecule has 3 rings (SSSR count). The van der Waals surface area contributed by atoms with Gasteiger partial charge in [-0.15, -0.1) is 11.3 Å². The number of thiazole rings is 1. The highest BCUT2D eigenvalue weighted by Crippen LogP contribution is 2.22. The van der Waals surface area contributed by atoms with Crippen LogP contribution in [-0.2, 0) is 24.2 Å². The van der Waals surface area contributed by atoms with E-state index in [4.69, 9.17) is 0 Å². The van der Waals surface area contributed by atoms with Crippen LogP contribution in [0.15, 0.2) is 29.8 Å². The number of benzene rings is 1. The molecule has 1 amide bonds. The summed E-state index contributed by atoms with van der Waals surface area (Å²) >= 11 is 1.64. The zero-order valence-electron chi connectivity index (χ0n) is 14.7. The molecule has 0 saturated carbocycles. The fourth-order valence-electron chi connectivity index (χ4n) is 3.32. The van der Waals surface area contributed by atoms with Crippen molar-refractivity contribution in [2.45, 2.75) is 38.8 Å². The third-order valence-electron chi connectivity index (χ3n) is 4.94. The number of likely N-dealkylation sites (N-methyl/N-ethyl adjacent to an activating group) is 2. The standard InChI is InChI=1S/C19H25N3OS/c1-14-18(24-13-20-14)8-9-19(23)22(3)12-17-10-15-6-4-5-7-16(15)11-21(17)2/h4-7,13,17H,8-12H2,1-3H3/t17-/m1/s1. The van der Waals surface area contributed by atoms with E-state index >= 15 is 0 Å². The molecule has 0 N–H and O–H groups in total. The van der Waals surface area contributed by atoms with Gasteiger partial charge in [-0.2, -0.15) is 0 Å². The number of hydrogen-bond acceptors (Lipinski definition) is 4. The summed E-state index contributed by atoms with van der Waals surface area (Å²) in [6.45, 7) is 3.75. The van der Waals surface area contributed by atoms with E-state index in [1.54, 1.807) is 11.3 Å². The predicted octanol–water partition coefficient (Wildman–Crippen LogP) is 2.90. The Hall–Kier alpha value is -1.72. The SMILES string of the molecule is Cc1ncsc1CCC(=O)N(C)C[C@H]1Cc2ccccc2CN1C. The highest BCUT2D eigenvalue weighted by atomic mass is 32.1. The second kappa shape index (κ2) is 7.45. The van der Waals surface area contributed by atoms with Crippen LogP contribution in [0.4, 0.5) is 0 Å². The van der Waals surface area contributed by atoms with E-state index in [1.807, 2.05) is 24.4 Å². The molecule has 1 atom stereocenters. The lowest BCUT2D eigenvalue weighted by molar-refractivity contribution is -0.130. The first-order chi connectivity index (χ1) is 11.5. The average molecular weight is 343 g/mol. The zero-order chi connectivity index (χ0) is 17.1. The third kappa shape index (κ3) is 3.84. The van der Waals surface area contributed by atoms with E-state index in [-0.39, 0.29) is 5.91 Å². The number of fused-ring (bicyclic) bond motifs is 1. The number of carbonyl (C=O) groups excluding carboxylic acids is 1. The van der Waals surface area contributed by atoms with Gasteiger partial charge < -0.3 is 4.90 Å². The van der Waals surface area contributed by atoms with E-state index < -0.39 is 0 Å². The van der Waals surface area contributed by atoms with Crippen LogP contribution in [0.3, 0.4) is 0 Å². The Morgan fingerprint density at radius 3 is 2.83 bits per heavy atom. The molecule has 0 saturated heterocycles. The molecule has 0 unspecified atom stereocenters. The van der Waals surface area contributed by atoms with Crippen molar-refractivity contribution in [2.24, 2.45) is 0 Å². The molecule has 24 heavy (non-hydrogen) atoms. The van der Waals surface area contributed by atoms with E-state index in [0.717, 1.165) is 31.6 Å². The van der Waals surface area contributed by atoms with Crippen LogP contribution in [0.2, 0.25) is 0 Å². The van der Waals surface area contributed by atoms with Gasteiger partial charge in [0.05, 0.1) is 11.2 Å². The van der Waals surface area contributed by atoms with Crippen LogP contribution in [-0.4, -0.2) is 47.4 Å². The summed E-state index contributed by atoms with van der Waals surface area (Å²) < 4.78 is 0. The maximum Gasteiger partial charge on any atom is 0.222 e. The number of aromatic nitrogens is 1. The molecular formula is C19H25N3OS. The number of rotatable bonds is 5. The molecule has 0 aliphatic carbocycles. The van der Waals surface area contributed by atoms with Gasteiger partial charge >= 0.3 is 0 Å². The third-order valence-corrected chi connectivity index (χ3v) is 5.93. The molecule has 0 fully saturated rings. The molecule has 4 nitrogen and oxygen atoms in total. The van der Waals surface area contributed by atoms with Gasteiger partial charge in [0, 0.05) is 37.5 Å². The normalized spacial score (nSPS) is 17.5. The Morgan fingerprint density at radius 2 is 2.12 bits per heavy atom. The van der Waals surface area contributed by atoms with Gasteiger partial charge in [0.25, 0.3) is 0 Å². The number of aryl methyl sites for hydroxylation is 2. The Kier molecular flexibility index (Phi) is 5.31. The lowest BCUT2D eigenvalue weighted by atomic mass is 9.94. The summed E-state index contributed by atoms with van der Waals surface area (Å²) in [7, 11) is 4.08.